The number of nitrogens with zero attached hydrogens (tertiary/aromatic N) is 2. The van der Waals surface area contributed by atoms with Crippen LogP contribution in [0.25, 0.3) is 0 Å². The van der Waals surface area contributed by atoms with Gasteiger partial charge in [0.2, 0.25) is 5.91 Å². The number of aromatic nitrogens is 1. The van der Waals surface area contributed by atoms with E-state index < -0.39 is 0 Å². The normalized spacial score (nSPS) is 25.1. The zero-order valence-corrected chi connectivity index (χ0v) is 15.3. The first-order valence-electron chi connectivity index (χ1n) is 9.14. The van der Waals surface area contributed by atoms with Gasteiger partial charge in [-0.3, -0.25) is 9.78 Å². The molecule has 2 aliphatic rings. The maximum absolute atomic E-state index is 12.9. The minimum Gasteiger partial charge on any atom is -0.332 e. The first-order chi connectivity index (χ1) is 12.3. The third kappa shape index (κ3) is 3.08. The highest BCUT2D eigenvalue weighted by Crippen LogP contribution is 2.53. The van der Waals surface area contributed by atoms with Crippen LogP contribution in [0, 0.1) is 5.92 Å². The number of rotatable bonds is 5. The van der Waals surface area contributed by atoms with Crippen molar-refractivity contribution in [3.05, 3.63) is 66.0 Å². The number of fused-ring (bicyclic) bond motifs is 1. The fourth-order valence-corrected chi connectivity index (χ4v) is 5.30. The molecule has 1 aliphatic carbocycles. The molecule has 25 heavy (non-hydrogen) atoms. The van der Waals surface area contributed by atoms with Crippen LogP contribution in [0.2, 0.25) is 0 Å². The Kier molecular flexibility index (Phi) is 4.80. The summed E-state index contributed by atoms with van der Waals surface area (Å²) < 4.78 is 0. The molecule has 3 nitrogen and oxygen atoms in total. The average Bonchev–Trinajstić information content (AvgIpc) is 2.64. The van der Waals surface area contributed by atoms with E-state index >= 15 is 0 Å². The second-order valence-corrected chi connectivity index (χ2v) is 8.04. The largest absolute Gasteiger partial charge is 0.332 e. The molecule has 1 saturated heterocycles. The number of likely N-dealkylation sites (tertiary alicyclic amines) is 1. The van der Waals surface area contributed by atoms with Crippen molar-refractivity contribution < 1.29 is 4.79 Å². The third-order valence-electron chi connectivity index (χ3n) is 5.70. The molecule has 0 N–H and O–H groups in total. The van der Waals surface area contributed by atoms with E-state index in [1.165, 1.54) is 24.8 Å². The Hall–Kier alpha value is -1.81. The van der Waals surface area contributed by atoms with Gasteiger partial charge in [0.25, 0.3) is 0 Å². The first kappa shape index (κ1) is 16.6. The van der Waals surface area contributed by atoms with Crippen LogP contribution in [0.5, 0.6) is 0 Å². The van der Waals surface area contributed by atoms with E-state index in [9.17, 15) is 4.79 Å². The van der Waals surface area contributed by atoms with E-state index in [4.69, 9.17) is 0 Å². The summed E-state index contributed by atoms with van der Waals surface area (Å²) in [5.74, 6) is 2.25. The number of hydrogen-bond donors (Lipinski definition) is 0. The standard InChI is InChI=1S/C21H24N2OS/c24-20(16-25-15-19-11-5-7-13-22-19)23-14-18-10-4-6-12-21(18,23)17-8-2-1-3-9-17/h1-3,5,7-9,11,13,18H,4,6,10,12,14-16H2/t18-,21+/m0/s1. The summed E-state index contributed by atoms with van der Waals surface area (Å²) in [5, 5.41) is 0. The fraction of sp³-hybridized carbons (Fsp3) is 0.429. The monoisotopic (exact) mass is 352 g/mol. The van der Waals surface area contributed by atoms with Crippen molar-refractivity contribution in [2.24, 2.45) is 5.92 Å². The molecule has 1 aromatic heterocycles. The van der Waals surface area contributed by atoms with Gasteiger partial charge in [-0.2, -0.15) is 0 Å². The second kappa shape index (κ2) is 7.20. The van der Waals surface area contributed by atoms with Crippen molar-refractivity contribution in [2.75, 3.05) is 12.3 Å². The number of carbonyl (C=O) groups excluding carboxylic acids is 1. The maximum atomic E-state index is 12.9. The molecule has 1 aliphatic heterocycles. The molecule has 0 radical (unpaired) electrons. The van der Waals surface area contributed by atoms with E-state index in [0.717, 1.165) is 24.4 Å². The van der Waals surface area contributed by atoms with Crippen molar-refractivity contribution in [1.82, 2.24) is 9.88 Å². The van der Waals surface area contributed by atoms with E-state index in [1.807, 2.05) is 24.4 Å². The van der Waals surface area contributed by atoms with Gasteiger partial charge >= 0.3 is 0 Å². The number of thioether (sulfide) groups is 1. The van der Waals surface area contributed by atoms with E-state index in [1.54, 1.807) is 11.8 Å². The molecule has 2 fully saturated rings. The Labute approximate surface area is 153 Å². The molecular formula is C21H24N2OS. The molecule has 4 heteroatoms. The molecule has 130 valence electrons. The fourth-order valence-electron chi connectivity index (χ4n) is 4.49. The molecule has 0 spiro atoms. The lowest BCUT2D eigenvalue weighted by Crippen LogP contribution is -2.68. The molecule has 1 aromatic carbocycles. The van der Waals surface area contributed by atoms with E-state index in [0.29, 0.717) is 11.7 Å². The van der Waals surface area contributed by atoms with Gasteiger partial charge in [0, 0.05) is 24.4 Å². The minimum absolute atomic E-state index is 0.0395. The van der Waals surface area contributed by atoms with Crippen LogP contribution in [0.3, 0.4) is 0 Å². The van der Waals surface area contributed by atoms with Gasteiger partial charge in [0.05, 0.1) is 17.0 Å². The quantitative estimate of drug-likeness (QED) is 0.807. The van der Waals surface area contributed by atoms with Gasteiger partial charge in [-0.1, -0.05) is 49.2 Å². The maximum Gasteiger partial charge on any atom is 0.233 e. The van der Waals surface area contributed by atoms with Crippen LogP contribution >= 0.6 is 11.8 Å². The Morgan fingerprint density at radius 3 is 2.76 bits per heavy atom. The molecule has 1 saturated carbocycles. The van der Waals surface area contributed by atoms with Crippen molar-refractivity contribution in [2.45, 2.75) is 37.0 Å². The van der Waals surface area contributed by atoms with Gasteiger partial charge in [-0.25, -0.2) is 0 Å². The van der Waals surface area contributed by atoms with Crippen LogP contribution < -0.4 is 0 Å². The van der Waals surface area contributed by atoms with Crippen molar-refractivity contribution in [3.8, 4) is 0 Å². The molecule has 2 atom stereocenters. The van der Waals surface area contributed by atoms with Gasteiger partial charge < -0.3 is 4.90 Å². The average molecular weight is 353 g/mol. The Morgan fingerprint density at radius 1 is 1.16 bits per heavy atom. The molecular weight excluding hydrogens is 328 g/mol. The predicted molar refractivity (Wildman–Crippen MR) is 102 cm³/mol. The summed E-state index contributed by atoms with van der Waals surface area (Å²) in [7, 11) is 0. The highest BCUT2D eigenvalue weighted by molar-refractivity contribution is 7.99. The minimum atomic E-state index is -0.0395. The zero-order chi connectivity index (χ0) is 17.1. The Balaban J connectivity index is 1.45. The van der Waals surface area contributed by atoms with Crippen LogP contribution in [0.15, 0.2) is 54.7 Å². The van der Waals surface area contributed by atoms with Crippen molar-refractivity contribution >= 4 is 17.7 Å². The highest BCUT2D eigenvalue weighted by atomic mass is 32.2. The van der Waals surface area contributed by atoms with Crippen LogP contribution in [0.4, 0.5) is 0 Å². The second-order valence-electron chi connectivity index (χ2n) is 7.05. The zero-order valence-electron chi connectivity index (χ0n) is 14.4. The molecule has 2 aromatic rings. The van der Waals surface area contributed by atoms with Crippen LogP contribution in [-0.4, -0.2) is 28.1 Å². The van der Waals surface area contributed by atoms with Crippen LogP contribution in [-0.2, 0) is 16.1 Å². The van der Waals surface area contributed by atoms with Gasteiger partial charge in [-0.15, -0.1) is 11.8 Å². The number of benzene rings is 1. The summed E-state index contributed by atoms with van der Waals surface area (Å²) >= 11 is 1.67. The smallest absolute Gasteiger partial charge is 0.233 e. The molecule has 2 heterocycles. The van der Waals surface area contributed by atoms with Crippen molar-refractivity contribution in [3.63, 3.8) is 0 Å². The summed E-state index contributed by atoms with van der Waals surface area (Å²) in [6.07, 6.45) is 6.69. The summed E-state index contributed by atoms with van der Waals surface area (Å²) in [6.45, 7) is 0.928. The van der Waals surface area contributed by atoms with Crippen molar-refractivity contribution in [1.29, 1.82) is 0 Å². The Bertz CT molecular complexity index is 721. The van der Waals surface area contributed by atoms with E-state index in [-0.39, 0.29) is 11.4 Å². The van der Waals surface area contributed by atoms with Gasteiger partial charge in [-0.05, 0) is 30.5 Å². The topological polar surface area (TPSA) is 33.2 Å². The molecule has 0 bridgehead atoms. The lowest BCUT2D eigenvalue weighted by atomic mass is 9.61. The van der Waals surface area contributed by atoms with Crippen LogP contribution in [0.1, 0.15) is 36.9 Å². The number of pyridine rings is 1. The molecule has 1 amide bonds. The first-order valence-corrected chi connectivity index (χ1v) is 10.3. The van der Waals surface area contributed by atoms with E-state index in [2.05, 4.69) is 40.2 Å². The summed E-state index contributed by atoms with van der Waals surface area (Å²) in [4.78, 5) is 19.4. The number of carbonyl (C=O) groups is 1. The molecule has 0 unspecified atom stereocenters. The third-order valence-corrected chi connectivity index (χ3v) is 6.65. The predicted octanol–water partition coefficient (Wildman–Crippen LogP) is 4.24. The SMILES string of the molecule is O=C(CSCc1ccccn1)N1C[C@@H]2CCCC[C@@]21c1ccccc1. The van der Waals surface area contributed by atoms with Gasteiger partial charge in [0.15, 0.2) is 0 Å². The van der Waals surface area contributed by atoms with Gasteiger partial charge in [0.1, 0.15) is 0 Å². The number of hydrogen-bond acceptors (Lipinski definition) is 3. The lowest BCUT2D eigenvalue weighted by molar-refractivity contribution is -0.163. The Morgan fingerprint density at radius 2 is 2.00 bits per heavy atom. The number of amides is 1. The molecule has 4 rings (SSSR count). The summed E-state index contributed by atoms with van der Waals surface area (Å²) in [6, 6.07) is 16.6. The lowest BCUT2D eigenvalue weighted by Gasteiger charge is -2.61. The summed E-state index contributed by atoms with van der Waals surface area (Å²) in [5.41, 5.74) is 2.33. The highest BCUT2D eigenvalue weighted by Gasteiger charge is 2.56.